The summed E-state index contributed by atoms with van der Waals surface area (Å²) < 4.78 is 31.4. The topological polar surface area (TPSA) is 131 Å². The van der Waals surface area contributed by atoms with Crippen molar-refractivity contribution in [3.8, 4) is 0 Å². The molecule has 0 aliphatic carbocycles. The fraction of sp³-hybridized carbons (Fsp3) is 0.471. The van der Waals surface area contributed by atoms with E-state index in [-0.39, 0.29) is 30.2 Å². The van der Waals surface area contributed by atoms with Gasteiger partial charge in [-0.2, -0.15) is 5.10 Å². The van der Waals surface area contributed by atoms with Gasteiger partial charge in [0, 0.05) is 23.9 Å². The van der Waals surface area contributed by atoms with E-state index < -0.39 is 47.3 Å². The third-order valence-corrected chi connectivity index (χ3v) is 5.87. The van der Waals surface area contributed by atoms with Gasteiger partial charge < -0.3 is 15.2 Å². The van der Waals surface area contributed by atoms with Gasteiger partial charge in [-0.1, -0.05) is 0 Å². The van der Waals surface area contributed by atoms with E-state index in [4.69, 9.17) is 4.74 Å². The lowest BCUT2D eigenvalue weighted by molar-refractivity contribution is -0.151. The molecule has 2 atom stereocenters. The maximum atomic E-state index is 12.7. The highest BCUT2D eigenvalue weighted by atomic mass is 32.2. The van der Waals surface area contributed by atoms with Crippen LogP contribution in [0.5, 0.6) is 0 Å². The van der Waals surface area contributed by atoms with Gasteiger partial charge in [-0.3, -0.25) is 24.0 Å². The molecule has 2 N–H and O–H groups in total. The number of carboxylic acids is 1. The molecule has 2 aliphatic heterocycles. The lowest BCUT2D eigenvalue weighted by Gasteiger charge is -2.49. The van der Waals surface area contributed by atoms with Gasteiger partial charge in [-0.25, -0.2) is 13.6 Å². The molecule has 0 aromatic carbocycles. The fourth-order valence-corrected chi connectivity index (χ4v) is 4.47. The van der Waals surface area contributed by atoms with Gasteiger partial charge in [0.25, 0.3) is 12.3 Å². The molecule has 0 bridgehead atoms. The van der Waals surface area contributed by atoms with Gasteiger partial charge in [0.15, 0.2) is 0 Å². The number of halogens is 2. The highest BCUT2D eigenvalue weighted by molar-refractivity contribution is 8.00. The van der Waals surface area contributed by atoms with E-state index in [9.17, 15) is 33.1 Å². The minimum Gasteiger partial charge on any atom is -0.477 e. The molecule has 13 heteroatoms. The predicted molar refractivity (Wildman–Crippen MR) is 98.2 cm³/mol. The number of alkyl halides is 2. The summed E-state index contributed by atoms with van der Waals surface area (Å²) in [5.41, 5.74) is -0.0744. The van der Waals surface area contributed by atoms with Crippen LogP contribution >= 0.6 is 11.8 Å². The van der Waals surface area contributed by atoms with Crippen LogP contribution in [0, 0.1) is 6.92 Å². The molecule has 3 rings (SSSR count). The monoisotopic (exact) mass is 444 g/mol. The summed E-state index contributed by atoms with van der Waals surface area (Å²) in [5, 5.41) is 15.0. The quantitative estimate of drug-likeness (QED) is 0.457. The van der Waals surface area contributed by atoms with E-state index in [0.29, 0.717) is 5.69 Å². The first-order valence-corrected chi connectivity index (χ1v) is 9.80. The number of fused-ring (bicyclic) bond motifs is 1. The number of hydrogen-bond acceptors (Lipinski definition) is 7. The van der Waals surface area contributed by atoms with E-state index in [1.807, 2.05) is 0 Å². The minimum atomic E-state index is -2.77. The molecular formula is C17H18F2N4O6S. The van der Waals surface area contributed by atoms with Crippen LogP contribution in [-0.2, 0) is 30.5 Å². The second-order valence-corrected chi connectivity index (χ2v) is 7.77. The molecule has 0 unspecified atom stereocenters. The number of nitrogens with one attached hydrogen (secondary N) is 1. The van der Waals surface area contributed by atoms with Crippen LogP contribution in [0.3, 0.4) is 0 Å². The van der Waals surface area contributed by atoms with E-state index in [0.717, 1.165) is 9.58 Å². The molecule has 2 aliphatic rings. The Kier molecular flexibility index (Phi) is 6.10. The molecule has 0 radical (unpaired) electrons. The van der Waals surface area contributed by atoms with Crippen molar-refractivity contribution in [2.45, 2.75) is 38.2 Å². The number of carbonyl (C=O) groups excluding carboxylic acids is 3. The van der Waals surface area contributed by atoms with Gasteiger partial charge in [-0.15, -0.1) is 11.8 Å². The van der Waals surface area contributed by atoms with E-state index in [1.54, 1.807) is 0 Å². The molecule has 30 heavy (non-hydrogen) atoms. The summed E-state index contributed by atoms with van der Waals surface area (Å²) in [7, 11) is 0. The van der Waals surface area contributed by atoms with Crippen molar-refractivity contribution in [1.29, 1.82) is 0 Å². The first-order chi connectivity index (χ1) is 14.1. The number of carbonyl (C=O) groups is 4. The Morgan fingerprint density at radius 3 is 2.70 bits per heavy atom. The second kappa shape index (κ2) is 8.42. The van der Waals surface area contributed by atoms with Crippen molar-refractivity contribution < 1.29 is 37.8 Å². The number of hydrogen-bond donors (Lipinski definition) is 2. The van der Waals surface area contributed by atoms with Crippen LogP contribution in [0.2, 0.25) is 0 Å². The molecule has 0 saturated carbocycles. The van der Waals surface area contributed by atoms with E-state index >= 15 is 0 Å². The zero-order valence-electron chi connectivity index (χ0n) is 15.9. The second-order valence-electron chi connectivity index (χ2n) is 6.66. The number of esters is 1. The normalized spacial score (nSPS) is 20.7. The number of amides is 2. The van der Waals surface area contributed by atoms with Crippen LogP contribution in [-0.4, -0.2) is 67.3 Å². The van der Waals surface area contributed by atoms with Crippen molar-refractivity contribution in [3.63, 3.8) is 0 Å². The van der Waals surface area contributed by atoms with Gasteiger partial charge in [0.1, 0.15) is 36.0 Å². The van der Waals surface area contributed by atoms with Gasteiger partial charge in [-0.05, 0) is 13.0 Å². The molecule has 162 valence electrons. The molecule has 10 nitrogen and oxygen atoms in total. The molecule has 0 spiro atoms. The van der Waals surface area contributed by atoms with Crippen molar-refractivity contribution in [1.82, 2.24) is 20.0 Å². The molecular weight excluding hydrogens is 426 g/mol. The summed E-state index contributed by atoms with van der Waals surface area (Å²) in [5.74, 6) is -2.96. The summed E-state index contributed by atoms with van der Waals surface area (Å²) in [6.07, 6.45) is -2.77. The molecule has 2 amide bonds. The van der Waals surface area contributed by atoms with Gasteiger partial charge in [0.05, 0.1) is 0 Å². The van der Waals surface area contributed by atoms with Gasteiger partial charge in [0.2, 0.25) is 5.91 Å². The van der Waals surface area contributed by atoms with Crippen molar-refractivity contribution in [2.75, 3.05) is 12.4 Å². The van der Waals surface area contributed by atoms with E-state index in [1.165, 1.54) is 31.7 Å². The summed E-state index contributed by atoms with van der Waals surface area (Å²) in [6, 6.07) is 0.206. The Bertz CT molecular complexity index is 947. The van der Waals surface area contributed by atoms with Crippen LogP contribution in [0.25, 0.3) is 0 Å². The number of rotatable bonds is 7. The third kappa shape index (κ3) is 4.15. The lowest BCUT2D eigenvalue weighted by Crippen LogP contribution is -2.70. The summed E-state index contributed by atoms with van der Waals surface area (Å²) in [4.78, 5) is 48.5. The highest BCUT2D eigenvalue weighted by Gasteiger charge is 2.54. The first-order valence-electron chi connectivity index (χ1n) is 8.75. The smallest absolute Gasteiger partial charge is 0.352 e. The number of β-lactam (4-membered cyclic amide) rings is 1. The number of thioether (sulfide) groups is 1. The Balaban J connectivity index is 1.68. The maximum absolute atomic E-state index is 12.7. The number of nitrogens with zero attached hydrogens (tertiary/aromatic N) is 3. The Morgan fingerprint density at radius 2 is 2.13 bits per heavy atom. The van der Waals surface area contributed by atoms with Crippen LogP contribution in [0.4, 0.5) is 8.78 Å². The molecule has 3 heterocycles. The Hall–Kier alpha value is -2.96. The fourth-order valence-electron chi connectivity index (χ4n) is 3.14. The minimum absolute atomic E-state index is 0.200. The number of aryl methyl sites for hydroxylation is 1. The first kappa shape index (κ1) is 21.7. The Morgan fingerprint density at radius 1 is 1.43 bits per heavy atom. The van der Waals surface area contributed by atoms with Crippen molar-refractivity contribution in [2.24, 2.45) is 0 Å². The van der Waals surface area contributed by atoms with Crippen LogP contribution < -0.4 is 5.32 Å². The number of ether oxygens (including phenoxy) is 1. The zero-order valence-corrected chi connectivity index (χ0v) is 16.7. The summed E-state index contributed by atoms with van der Waals surface area (Å²) in [6.45, 7) is 2.10. The predicted octanol–water partition coefficient (Wildman–Crippen LogP) is 0.431. The number of carboxylic acid groups (broad SMARTS) is 1. The van der Waals surface area contributed by atoms with Crippen LogP contribution in [0.15, 0.2) is 17.3 Å². The van der Waals surface area contributed by atoms with Crippen molar-refractivity contribution in [3.05, 3.63) is 28.7 Å². The maximum Gasteiger partial charge on any atom is 0.352 e. The standard InChI is InChI=1S/C17H18F2N4O6S/c1-7-3-10(14(18)19)21-22(7)4-11(25)20-12-15(26)23-13(17(27)28)9(5-29-8(2)24)6-30-16(12)23/h3,12,14,16H,4-6H2,1-2H3,(H,20,25)(H,27,28)/t12-,16+/m0/s1. The average molecular weight is 444 g/mol. The third-order valence-electron chi connectivity index (χ3n) is 4.53. The molecule has 1 aromatic rings. The van der Waals surface area contributed by atoms with Gasteiger partial charge >= 0.3 is 11.9 Å². The van der Waals surface area contributed by atoms with Crippen LogP contribution in [0.1, 0.15) is 24.7 Å². The zero-order chi connectivity index (χ0) is 22.2. The lowest BCUT2D eigenvalue weighted by atomic mass is 10.0. The SMILES string of the molecule is CC(=O)OCC1=C(C(=O)O)N2C(=O)[C@H](NC(=O)Cn3nc(C(F)F)cc3C)[C@H]2SC1. The largest absolute Gasteiger partial charge is 0.477 e. The molecule has 1 aromatic heterocycles. The number of aromatic nitrogens is 2. The highest BCUT2D eigenvalue weighted by Crippen LogP contribution is 2.40. The molecule has 1 saturated heterocycles. The molecule has 1 fully saturated rings. The average Bonchev–Trinajstić information content (AvgIpc) is 3.04. The van der Waals surface area contributed by atoms with E-state index in [2.05, 4.69) is 10.4 Å². The van der Waals surface area contributed by atoms with Crippen molar-refractivity contribution >= 4 is 35.5 Å². The summed E-state index contributed by atoms with van der Waals surface area (Å²) >= 11 is 1.22. The Labute approximate surface area is 173 Å². The number of aliphatic carboxylic acids is 1.